The van der Waals surface area contributed by atoms with Crippen LogP contribution in [-0.2, 0) is 24.0 Å². The maximum Gasteiger partial charge on any atom is 0.356 e. The molecule has 3 aromatic rings. The maximum absolute atomic E-state index is 13.8. The summed E-state index contributed by atoms with van der Waals surface area (Å²) < 4.78 is 6.07. The number of benzene rings is 2. The van der Waals surface area contributed by atoms with Crippen LogP contribution in [0.3, 0.4) is 0 Å². The van der Waals surface area contributed by atoms with Crippen molar-refractivity contribution in [1.29, 1.82) is 0 Å². The van der Waals surface area contributed by atoms with Crippen LogP contribution in [0.2, 0.25) is 0 Å². The molecule has 1 aromatic heterocycles. The Labute approximate surface area is 255 Å². The van der Waals surface area contributed by atoms with Crippen LogP contribution in [0.15, 0.2) is 95.1 Å². The number of fused-ring (bicyclic) bond motifs is 1. The Kier molecular flexibility index (Phi) is 9.30. The zero-order valence-corrected chi connectivity index (χ0v) is 24.9. The van der Waals surface area contributed by atoms with Crippen LogP contribution in [0.5, 0.6) is 0 Å². The first kappa shape index (κ1) is 29.4. The van der Waals surface area contributed by atoms with E-state index in [1.54, 1.807) is 11.5 Å². The number of nitrogen functional groups attached to an aromatic ring is 1. The van der Waals surface area contributed by atoms with Gasteiger partial charge in [-0.1, -0.05) is 78.5 Å². The van der Waals surface area contributed by atoms with E-state index in [1.165, 1.54) is 28.4 Å². The molecule has 3 heterocycles. The van der Waals surface area contributed by atoms with Crippen LogP contribution in [-0.4, -0.2) is 62.7 Å². The average molecular weight is 622 g/mol. The number of carbonyl (C=O) groups is 3. The van der Waals surface area contributed by atoms with E-state index in [1.807, 2.05) is 66.9 Å². The van der Waals surface area contributed by atoms with E-state index in [2.05, 4.69) is 22.0 Å². The van der Waals surface area contributed by atoms with Crippen LogP contribution in [0.25, 0.3) is 0 Å². The van der Waals surface area contributed by atoms with Crippen molar-refractivity contribution in [2.45, 2.75) is 17.5 Å². The number of amides is 2. The van der Waals surface area contributed by atoms with Gasteiger partial charge in [-0.2, -0.15) is 0 Å². The van der Waals surface area contributed by atoms with E-state index < -0.39 is 35.3 Å². The Morgan fingerprint density at radius 2 is 1.88 bits per heavy atom. The van der Waals surface area contributed by atoms with Gasteiger partial charge in [-0.15, -0.1) is 34.9 Å². The van der Waals surface area contributed by atoms with E-state index in [-0.39, 0.29) is 28.2 Å². The van der Waals surface area contributed by atoms with Gasteiger partial charge in [-0.05, 0) is 23.0 Å². The summed E-state index contributed by atoms with van der Waals surface area (Å²) in [5, 5.41) is 8.00. The molecule has 13 heteroatoms. The molecule has 2 aromatic carbocycles. The molecule has 2 atom stereocenters. The average Bonchev–Trinajstić information content (AvgIpc) is 3.46. The number of carbonyl (C=O) groups excluding carboxylic acids is 3. The van der Waals surface area contributed by atoms with Crippen LogP contribution >= 0.6 is 34.9 Å². The van der Waals surface area contributed by atoms with Gasteiger partial charge in [0.1, 0.15) is 22.8 Å². The molecule has 1 saturated heterocycles. The normalized spacial score (nSPS) is 18.3. The van der Waals surface area contributed by atoms with Gasteiger partial charge in [0.25, 0.3) is 11.8 Å². The molecule has 5 rings (SSSR count). The van der Waals surface area contributed by atoms with Crippen molar-refractivity contribution in [3.05, 3.63) is 107 Å². The Hall–Kier alpha value is -4.07. The Morgan fingerprint density at radius 1 is 1.21 bits per heavy atom. The third kappa shape index (κ3) is 6.08. The minimum absolute atomic E-state index is 0.0976. The summed E-state index contributed by atoms with van der Waals surface area (Å²) in [6.07, 6.45) is 2.69. The Balaban J connectivity index is 1.37. The molecule has 216 valence electrons. The van der Waals surface area contributed by atoms with E-state index in [4.69, 9.17) is 15.3 Å². The van der Waals surface area contributed by atoms with E-state index in [0.717, 1.165) is 22.5 Å². The molecule has 10 nitrogen and oxygen atoms in total. The fourth-order valence-corrected chi connectivity index (χ4v) is 6.54. The molecule has 3 N–H and O–H groups in total. The van der Waals surface area contributed by atoms with Gasteiger partial charge in [0.15, 0.2) is 22.9 Å². The van der Waals surface area contributed by atoms with Gasteiger partial charge in [0.2, 0.25) is 0 Å². The molecule has 42 heavy (non-hydrogen) atoms. The molecular formula is C29H27N5O5S3. The van der Waals surface area contributed by atoms with Crippen LogP contribution in [0.4, 0.5) is 5.13 Å². The number of anilines is 1. The lowest BCUT2D eigenvalue weighted by atomic mass is 10.0. The van der Waals surface area contributed by atoms with E-state index in [9.17, 15) is 14.4 Å². The summed E-state index contributed by atoms with van der Waals surface area (Å²) in [5.74, 6) is -1.13. The lowest BCUT2D eigenvalue weighted by Crippen LogP contribution is -2.71. The van der Waals surface area contributed by atoms with E-state index >= 15 is 0 Å². The highest BCUT2D eigenvalue weighted by atomic mass is 32.2. The number of thioether (sulfide) groups is 2. The summed E-state index contributed by atoms with van der Waals surface area (Å²) in [7, 11) is 0. The number of nitrogens with one attached hydrogen (secondary N) is 1. The number of esters is 1. The first-order valence-electron chi connectivity index (χ1n) is 12.7. The molecule has 0 aliphatic carbocycles. The number of oxime groups is 1. The number of nitrogens with zero attached hydrogens (tertiary/aromatic N) is 3. The molecule has 2 amide bonds. The second-order valence-corrected chi connectivity index (χ2v) is 11.9. The monoisotopic (exact) mass is 621 g/mol. The van der Waals surface area contributed by atoms with Crippen LogP contribution < -0.4 is 11.1 Å². The minimum Gasteiger partial charge on any atom is -0.448 e. The van der Waals surface area contributed by atoms with Crippen molar-refractivity contribution in [3.8, 4) is 0 Å². The minimum atomic E-state index is -0.905. The van der Waals surface area contributed by atoms with Gasteiger partial charge in [0.05, 0.1) is 0 Å². The number of ether oxygens (including phenoxy) is 1. The van der Waals surface area contributed by atoms with Gasteiger partial charge >= 0.3 is 5.97 Å². The maximum atomic E-state index is 13.8. The molecule has 0 bridgehead atoms. The van der Waals surface area contributed by atoms with Gasteiger partial charge < -0.3 is 20.6 Å². The predicted molar refractivity (Wildman–Crippen MR) is 166 cm³/mol. The van der Waals surface area contributed by atoms with Crippen molar-refractivity contribution >= 4 is 63.5 Å². The van der Waals surface area contributed by atoms with Crippen LogP contribution in [0, 0.1) is 0 Å². The number of allylic oxidation sites excluding steroid dienone is 1. The standard InChI is InChI=1S/C29H27N5O5S3/c1-3-17-14-41-27-22(32-25(35)21(33-38-16-40-2)20-15-42-29(30)31-20)26(36)34(27)23(17)28(37)39-24(18-10-6-4-7-11-18)19-12-8-5-9-13-19/h3-13,15,22,24,27H,1,14,16H2,2H3,(H2,30,31)(H,32,35)/t22?,27-/m1/s1. The second kappa shape index (κ2) is 13.3. The lowest BCUT2D eigenvalue weighted by Gasteiger charge is -2.49. The first-order chi connectivity index (χ1) is 20.4. The highest BCUT2D eigenvalue weighted by molar-refractivity contribution is 8.00. The molecule has 1 fully saturated rings. The molecule has 0 saturated carbocycles. The fraction of sp³-hybridized carbons (Fsp3) is 0.207. The number of aromatic nitrogens is 1. The summed E-state index contributed by atoms with van der Waals surface area (Å²) in [6.45, 7) is 3.85. The lowest BCUT2D eigenvalue weighted by molar-refractivity contribution is -0.154. The number of nitrogens with two attached hydrogens (primary N) is 1. The SMILES string of the molecule is C=CC1=C(C(=O)OC(c2ccccc2)c2ccccc2)N2C(=O)C(NC(=O)C(=NOCSC)c3csc(N)n3)[C@H]2SC1. The van der Waals surface area contributed by atoms with Gasteiger partial charge in [-0.25, -0.2) is 9.78 Å². The van der Waals surface area contributed by atoms with E-state index in [0.29, 0.717) is 11.3 Å². The molecule has 0 spiro atoms. The summed E-state index contributed by atoms with van der Waals surface area (Å²) in [5.41, 5.74) is 8.16. The predicted octanol–water partition coefficient (Wildman–Crippen LogP) is 3.94. The number of thiazole rings is 1. The second-order valence-electron chi connectivity index (χ2n) is 9.09. The molecule has 1 unspecified atom stereocenters. The number of β-lactam (4-membered cyclic amide) rings is 1. The van der Waals surface area contributed by atoms with Gasteiger partial charge in [-0.3, -0.25) is 14.5 Å². The van der Waals surface area contributed by atoms with Crippen molar-refractivity contribution in [2.24, 2.45) is 5.16 Å². The van der Waals surface area contributed by atoms with Crippen molar-refractivity contribution in [1.82, 2.24) is 15.2 Å². The smallest absolute Gasteiger partial charge is 0.356 e. The van der Waals surface area contributed by atoms with Crippen molar-refractivity contribution in [3.63, 3.8) is 0 Å². The molecular weight excluding hydrogens is 595 g/mol. The summed E-state index contributed by atoms with van der Waals surface area (Å²) >= 11 is 3.95. The number of hydrogen-bond donors (Lipinski definition) is 2. The largest absolute Gasteiger partial charge is 0.448 e. The Bertz CT molecular complexity index is 1500. The zero-order chi connectivity index (χ0) is 29.6. The molecule has 0 radical (unpaired) electrons. The quantitative estimate of drug-likeness (QED) is 0.0815. The molecule has 2 aliphatic heterocycles. The highest BCUT2D eigenvalue weighted by Crippen LogP contribution is 2.42. The summed E-state index contributed by atoms with van der Waals surface area (Å²) in [4.78, 5) is 51.2. The first-order valence-corrected chi connectivity index (χ1v) is 16.1. The number of rotatable bonds is 11. The molecule has 2 aliphatic rings. The number of hydrogen-bond acceptors (Lipinski definition) is 11. The van der Waals surface area contributed by atoms with Gasteiger partial charge in [0, 0.05) is 11.1 Å². The van der Waals surface area contributed by atoms with Crippen molar-refractivity contribution < 1.29 is 24.0 Å². The third-order valence-electron chi connectivity index (χ3n) is 6.46. The fourth-order valence-electron chi connectivity index (χ4n) is 4.49. The van der Waals surface area contributed by atoms with Crippen molar-refractivity contribution in [2.75, 3.05) is 23.7 Å². The highest BCUT2D eigenvalue weighted by Gasteiger charge is 2.54. The topological polar surface area (TPSA) is 136 Å². The Morgan fingerprint density at radius 3 is 2.45 bits per heavy atom. The summed E-state index contributed by atoms with van der Waals surface area (Å²) in [6, 6.07) is 17.9. The zero-order valence-electron chi connectivity index (χ0n) is 22.5. The van der Waals surface area contributed by atoms with Crippen LogP contribution in [0.1, 0.15) is 22.9 Å². The third-order valence-corrected chi connectivity index (χ3v) is 8.78.